The van der Waals surface area contributed by atoms with Crippen molar-refractivity contribution in [1.29, 1.82) is 0 Å². The minimum Gasteiger partial charge on any atom is -0.468 e. The third-order valence-electron chi connectivity index (χ3n) is 5.68. The predicted molar refractivity (Wildman–Crippen MR) is 127 cm³/mol. The molecule has 0 aliphatic carbocycles. The van der Waals surface area contributed by atoms with Crippen molar-refractivity contribution in [2.45, 2.75) is 20.1 Å². The van der Waals surface area contributed by atoms with Crippen LogP contribution in [0.25, 0.3) is 22.2 Å². The zero-order chi connectivity index (χ0) is 24.2. The number of nitrogens with two attached hydrogens (primary N) is 1. The first-order valence-corrected chi connectivity index (χ1v) is 11.2. The number of hydrogen-bond donors (Lipinski definition) is 2. The van der Waals surface area contributed by atoms with Gasteiger partial charge in [0.2, 0.25) is 0 Å². The molecule has 3 N–H and O–H groups in total. The van der Waals surface area contributed by atoms with Crippen LogP contribution >= 0.6 is 23.2 Å². The first-order valence-electron chi connectivity index (χ1n) is 10.4. The summed E-state index contributed by atoms with van der Waals surface area (Å²) >= 11 is 12.3. The Bertz CT molecular complexity index is 1380. The summed E-state index contributed by atoms with van der Waals surface area (Å²) in [5.41, 5.74) is 7.75. The van der Waals surface area contributed by atoms with Crippen molar-refractivity contribution in [3.8, 4) is 17.0 Å². The maximum absolute atomic E-state index is 14.9. The Kier molecular flexibility index (Phi) is 5.58. The van der Waals surface area contributed by atoms with E-state index in [0.717, 1.165) is 13.1 Å². The summed E-state index contributed by atoms with van der Waals surface area (Å²) in [7, 11) is 0. The zero-order valence-corrected chi connectivity index (χ0v) is 19.8. The molecule has 7 nitrogen and oxygen atoms in total. The molecule has 34 heavy (non-hydrogen) atoms. The fraction of sp³-hybridized carbons (Fsp3) is 0.261. The molecule has 0 radical (unpaired) electrons. The summed E-state index contributed by atoms with van der Waals surface area (Å²) < 4.78 is 35.3. The lowest BCUT2D eigenvalue weighted by Crippen LogP contribution is -2.53. The Labute approximate surface area is 203 Å². The lowest BCUT2D eigenvalue weighted by Gasteiger charge is -2.46. The average Bonchev–Trinajstić information content (AvgIpc) is 3.14. The van der Waals surface area contributed by atoms with Gasteiger partial charge in [0.25, 0.3) is 0 Å². The monoisotopic (exact) mass is 504 g/mol. The van der Waals surface area contributed by atoms with Crippen molar-refractivity contribution >= 4 is 39.9 Å². The van der Waals surface area contributed by atoms with Crippen LogP contribution in [0.15, 0.2) is 36.8 Å². The van der Waals surface area contributed by atoms with Crippen LogP contribution in [0.5, 0.6) is 5.75 Å². The van der Waals surface area contributed by atoms with E-state index in [-0.39, 0.29) is 26.8 Å². The molecular formula is C23H20Cl2F2N6O. The number of rotatable bonds is 5. The number of aromatic nitrogens is 4. The second-order valence-corrected chi connectivity index (χ2v) is 9.82. The number of ether oxygens (including phenoxy) is 1. The van der Waals surface area contributed by atoms with Gasteiger partial charge >= 0.3 is 0 Å². The second-order valence-electron chi connectivity index (χ2n) is 9.01. The van der Waals surface area contributed by atoms with Crippen molar-refractivity contribution < 1.29 is 13.5 Å². The van der Waals surface area contributed by atoms with E-state index in [4.69, 9.17) is 33.7 Å². The number of pyridine rings is 2. The normalized spacial score (nSPS) is 15.9. The van der Waals surface area contributed by atoms with Crippen molar-refractivity contribution in [2.24, 2.45) is 11.1 Å². The lowest BCUT2D eigenvalue weighted by atomic mass is 9.84. The van der Waals surface area contributed by atoms with Crippen molar-refractivity contribution in [2.75, 3.05) is 18.0 Å². The Balaban J connectivity index is 1.47. The van der Waals surface area contributed by atoms with Gasteiger partial charge in [-0.15, -0.1) is 0 Å². The number of benzene rings is 1. The molecule has 4 heterocycles. The molecule has 1 atom stereocenters. The SMILES string of the molecule is CC1(C)CN(c2ncc(-c3n[nH]c4cc(F)c(O[C@H](N)c5c(Cl)cncc5Cl)cc34)cc2F)C1. The molecule has 0 bridgehead atoms. The number of fused-ring (bicyclic) bond motifs is 1. The van der Waals surface area contributed by atoms with Gasteiger partial charge in [0.15, 0.2) is 29.4 Å². The van der Waals surface area contributed by atoms with Crippen LogP contribution in [0, 0.1) is 17.0 Å². The Morgan fingerprint density at radius 3 is 2.44 bits per heavy atom. The third-order valence-corrected chi connectivity index (χ3v) is 6.28. The largest absolute Gasteiger partial charge is 0.468 e. The number of anilines is 1. The second kappa shape index (κ2) is 8.33. The number of halogens is 4. The van der Waals surface area contributed by atoms with Crippen LogP contribution in [0.1, 0.15) is 25.6 Å². The molecule has 0 saturated carbocycles. The molecule has 1 aliphatic heterocycles. The van der Waals surface area contributed by atoms with Crippen molar-refractivity contribution in [1.82, 2.24) is 20.2 Å². The molecule has 4 aromatic rings. The van der Waals surface area contributed by atoms with Crippen molar-refractivity contribution in [3.05, 3.63) is 64.0 Å². The van der Waals surface area contributed by atoms with Gasteiger partial charge in [-0.3, -0.25) is 15.8 Å². The maximum Gasteiger partial charge on any atom is 0.177 e. The third kappa shape index (κ3) is 4.04. The average molecular weight is 505 g/mol. The quantitative estimate of drug-likeness (QED) is 0.349. The number of H-pyrrole nitrogens is 1. The van der Waals surface area contributed by atoms with E-state index >= 15 is 0 Å². The Hall–Kier alpha value is -3.01. The van der Waals surface area contributed by atoms with Gasteiger partial charge in [0, 0.05) is 54.3 Å². The predicted octanol–water partition coefficient (Wildman–Crippen LogP) is 5.49. The van der Waals surface area contributed by atoms with Crippen LogP contribution in [-0.4, -0.2) is 33.3 Å². The maximum atomic E-state index is 14.9. The first-order chi connectivity index (χ1) is 16.1. The van der Waals surface area contributed by atoms with Crippen LogP contribution < -0.4 is 15.4 Å². The van der Waals surface area contributed by atoms with Crippen LogP contribution in [0.4, 0.5) is 14.6 Å². The van der Waals surface area contributed by atoms with E-state index in [1.807, 2.05) is 4.90 Å². The highest BCUT2D eigenvalue weighted by atomic mass is 35.5. The van der Waals surface area contributed by atoms with E-state index in [0.29, 0.717) is 28.0 Å². The summed E-state index contributed by atoms with van der Waals surface area (Å²) in [6, 6.07) is 4.04. The molecule has 1 aromatic carbocycles. The molecule has 0 spiro atoms. The molecule has 1 saturated heterocycles. The zero-order valence-electron chi connectivity index (χ0n) is 18.2. The fourth-order valence-electron chi connectivity index (χ4n) is 4.15. The molecule has 5 rings (SSSR count). The smallest absolute Gasteiger partial charge is 0.177 e. The highest BCUT2D eigenvalue weighted by Gasteiger charge is 2.36. The van der Waals surface area contributed by atoms with E-state index in [1.165, 1.54) is 30.6 Å². The van der Waals surface area contributed by atoms with Crippen LogP contribution in [0.3, 0.4) is 0 Å². The van der Waals surface area contributed by atoms with Gasteiger partial charge in [-0.05, 0) is 17.5 Å². The summed E-state index contributed by atoms with van der Waals surface area (Å²) in [5, 5.41) is 7.89. The molecule has 0 amide bonds. The fourth-order valence-corrected chi connectivity index (χ4v) is 4.73. The first kappa shape index (κ1) is 22.8. The summed E-state index contributed by atoms with van der Waals surface area (Å²) in [4.78, 5) is 10.1. The number of nitrogens with one attached hydrogen (secondary N) is 1. The van der Waals surface area contributed by atoms with E-state index < -0.39 is 17.9 Å². The molecule has 3 aromatic heterocycles. The van der Waals surface area contributed by atoms with Crippen LogP contribution in [0.2, 0.25) is 10.0 Å². The lowest BCUT2D eigenvalue weighted by molar-refractivity contribution is 0.205. The van der Waals surface area contributed by atoms with E-state index in [2.05, 4.69) is 34.0 Å². The Morgan fingerprint density at radius 1 is 1.09 bits per heavy atom. The molecular weight excluding hydrogens is 485 g/mol. The highest BCUT2D eigenvalue weighted by molar-refractivity contribution is 6.35. The highest BCUT2D eigenvalue weighted by Crippen LogP contribution is 2.37. The van der Waals surface area contributed by atoms with Gasteiger partial charge in [0.1, 0.15) is 5.69 Å². The molecule has 0 unspecified atom stereocenters. The van der Waals surface area contributed by atoms with Crippen molar-refractivity contribution in [3.63, 3.8) is 0 Å². The number of aromatic amines is 1. The van der Waals surface area contributed by atoms with Gasteiger partial charge in [-0.2, -0.15) is 5.10 Å². The molecule has 176 valence electrons. The minimum absolute atomic E-state index is 0.136. The van der Waals surface area contributed by atoms with Gasteiger partial charge < -0.3 is 9.64 Å². The van der Waals surface area contributed by atoms with Gasteiger partial charge in [-0.25, -0.2) is 13.8 Å². The van der Waals surface area contributed by atoms with Crippen LogP contribution in [-0.2, 0) is 0 Å². The minimum atomic E-state index is -1.15. The number of hydrogen-bond acceptors (Lipinski definition) is 6. The van der Waals surface area contributed by atoms with E-state index in [1.54, 1.807) is 6.20 Å². The van der Waals surface area contributed by atoms with Gasteiger partial charge in [-0.1, -0.05) is 37.0 Å². The molecule has 11 heteroatoms. The summed E-state index contributed by atoms with van der Waals surface area (Å²) in [5.74, 6) is -0.958. The molecule has 1 fully saturated rings. The molecule has 1 aliphatic rings. The summed E-state index contributed by atoms with van der Waals surface area (Å²) in [6.45, 7) is 5.69. The Morgan fingerprint density at radius 2 is 1.79 bits per heavy atom. The number of nitrogens with zero attached hydrogens (tertiary/aromatic N) is 4. The van der Waals surface area contributed by atoms with E-state index in [9.17, 15) is 8.78 Å². The topological polar surface area (TPSA) is 93.0 Å². The summed E-state index contributed by atoms with van der Waals surface area (Å²) in [6.07, 6.45) is 3.13. The van der Waals surface area contributed by atoms with Gasteiger partial charge in [0.05, 0.1) is 15.6 Å². The standard InChI is InChI=1S/C23H20Cl2F2N6O/c1-23(2)9-33(10-23)22-16(27)3-11(6-30-22)20-12-4-18(15(26)5-17(12)31-32-20)34-21(28)19-13(24)7-29-8-14(19)25/h3-8,21H,9-10,28H2,1-2H3,(H,31,32)/t21-/m0/s1.